The molecule has 1 aliphatic heterocycles. The maximum atomic E-state index is 13.0. The van der Waals surface area contributed by atoms with Crippen LogP contribution in [-0.4, -0.2) is 29.9 Å². The average Bonchev–Trinajstić information content (AvgIpc) is 2.71. The largest absolute Gasteiger partial charge is 0.350 e. The molecule has 0 bridgehead atoms. The van der Waals surface area contributed by atoms with Crippen LogP contribution in [0.2, 0.25) is 5.02 Å². The standard InChI is InChI=1S/C22H26ClN3O2/c1-22(2,3)25-20(27)13-26-19-10-5-4-9-16(19)17(12-18(24)21(26)28)14-7-6-8-15(23)11-14/h4-11,17-18H,12-13,24H2,1-3H3,(H,25,27). The van der Waals surface area contributed by atoms with Crippen LogP contribution in [0.15, 0.2) is 48.5 Å². The first kappa shape index (κ1) is 20.4. The Labute approximate surface area is 170 Å². The molecule has 148 valence electrons. The summed E-state index contributed by atoms with van der Waals surface area (Å²) in [4.78, 5) is 27.1. The van der Waals surface area contributed by atoms with Crippen LogP contribution in [0.5, 0.6) is 0 Å². The highest BCUT2D eigenvalue weighted by atomic mass is 35.5. The minimum atomic E-state index is -0.709. The fourth-order valence-electron chi connectivity index (χ4n) is 3.63. The molecule has 2 aromatic rings. The van der Waals surface area contributed by atoms with Gasteiger partial charge in [0.15, 0.2) is 0 Å². The van der Waals surface area contributed by atoms with Crippen LogP contribution < -0.4 is 16.0 Å². The van der Waals surface area contributed by atoms with Gasteiger partial charge in [-0.2, -0.15) is 0 Å². The molecule has 2 unspecified atom stereocenters. The molecule has 0 fully saturated rings. The molecule has 0 aliphatic carbocycles. The van der Waals surface area contributed by atoms with Crippen LogP contribution in [0.3, 0.4) is 0 Å². The smallest absolute Gasteiger partial charge is 0.244 e. The SMILES string of the molecule is CC(C)(C)NC(=O)CN1C(=O)C(N)CC(c2cccc(Cl)c2)c2ccccc21. The Balaban J connectivity index is 2.02. The van der Waals surface area contributed by atoms with Gasteiger partial charge in [0.25, 0.3) is 0 Å². The van der Waals surface area contributed by atoms with Crippen molar-refractivity contribution in [1.82, 2.24) is 5.32 Å². The fourth-order valence-corrected chi connectivity index (χ4v) is 3.83. The van der Waals surface area contributed by atoms with Crippen molar-refractivity contribution in [3.05, 3.63) is 64.7 Å². The number of para-hydroxylation sites is 1. The number of fused-ring (bicyclic) bond motifs is 1. The Morgan fingerprint density at radius 2 is 1.93 bits per heavy atom. The normalized spacial score (nSPS) is 19.8. The molecule has 3 rings (SSSR count). The lowest BCUT2D eigenvalue weighted by Gasteiger charge is -2.27. The van der Waals surface area contributed by atoms with Gasteiger partial charge in [0.2, 0.25) is 11.8 Å². The highest BCUT2D eigenvalue weighted by Crippen LogP contribution is 2.39. The summed E-state index contributed by atoms with van der Waals surface area (Å²) in [7, 11) is 0. The highest BCUT2D eigenvalue weighted by molar-refractivity contribution is 6.30. The molecular weight excluding hydrogens is 374 g/mol. The van der Waals surface area contributed by atoms with Crippen LogP contribution >= 0.6 is 11.6 Å². The Kier molecular flexibility index (Phi) is 5.77. The van der Waals surface area contributed by atoms with E-state index in [1.54, 1.807) is 0 Å². The van der Waals surface area contributed by atoms with Crippen LogP contribution in [-0.2, 0) is 9.59 Å². The summed E-state index contributed by atoms with van der Waals surface area (Å²) >= 11 is 6.19. The molecule has 0 aromatic heterocycles. The van der Waals surface area contributed by atoms with Crippen LogP contribution in [0.25, 0.3) is 0 Å². The van der Waals surface area contributed by atoms with Gasteiger partial charge in [0.1, 0.15) is 6.54 Å². The third-order valence-electron chi connectivity index (χ3n) is 4.74. The number of carbonyl (C=O) groups is 2. The van der Waals surface area contributed by atoms with Gasteiger partial charge < -0.3 is 16.0 Å². The zero-order valence-corrected chi connectivity index (χ0v) is 17.2. The van der Waals surface area contributed by atoms with Crippen molar-refractivity contribution in [2.45, 2.75) is 44.7 Å². The number of nitrogens with two attached hydrogens (primary N) is 1. The number of anilines is 1. The number of rotatable bonds is 3. The molecule has 2 amide bonds. The Morgan fingerprint density at radius 1 is 1.21 bits per heavy atom. The van der Waals surface area contributed by atoms with E-state index in [0.29, 0.717) is 11.4 Å². The molecule has 1 heterocycles. The molecule has 2 aromatic carbocycles. The Morgan fingerprint density at radius 3 is 2.61 bits per heavy atom. The van der Waals surface area contributed by atoms with E-state index in [0.717, 1.165) is 16.8 Å². The second-order valence-corrected chi connectivity index (χ2v) is 8.67. The maximum Gasteiger partial charge on any atom is 0.244 e. The predicted molar refractivity (Wildman–Crippen MR) is 113 cm³/mol. The molecule has 1 aliphatic rings. The summed E-state index contributed by atoms with van der Waals surface area (Å²) in [6.07, 6.45) is 0.452. The average molecular weight is 400 g/mol. The maximum absolute atomic E-state index is 13.0. The molecule has 28 heavy (non-hydrogen) atoms. The zero-order chi connectivity index (χ0) is 20.5. The predicted octanol–water partition coefficient (Wildman–Crippen LogP) is 3.45. The van der Waals surface area contributed by atoms with E-state index < -0.39 is 6.04 Å². The number of nitrogens with zero attached hydrogens (tertiary/aromatic N) is 1. The monoisotopic (exact) mass is 399 g/mol. The van der Waals surface area contributed by atoms with Crippen LogP contribution in [0.1, 0.15) is 44.2 Å². The van der Waals surface area contributed by atoms with Gasteiger partial charge in [-0.25, -0.2) is 0 Å². The minimum absolute atomic E-state index is 0.0664. The van der Waals surface area contributed by atoms with Crippen molar-refractivity contribution in [1.29, 1.82) is 0 Å². The van der Waals surface area contributed by atoms with Gasteiger partial charge in [-0.05, 0) is 56.5 Å². The highest BCUT2D eigenvalue weighted by Gasteiger charge is 2.35. The Hall–Kier alpha value is -2.37. The van der Waals surface area contributed by atoms with E-state index in [1.807, 2.05) is 69.3 Å². The minimum Gasteiger partial charge on any atom is -0.350 e. The van der Waals surface area contributed by atoms with E-state index in [9.17, 15) is 9.59 Å². The summed E-state index contributed by atoms with van der Waals surface area (Å²) in [5.74, 6) is -0.547. The van der Waals surface area contributed by atoms with E-state index in [-0.39, 0.29) is 29.8 Å². The summed E-state index contributed by atoms with van der Waals surface area (Å²) in [6, 6.07) is 14.6. The van der Waals surface area contributed by atoms with Crippen molar-refractivity contribution in [2.75, 3.05) is 11.4 Å². The second kappa shape index (κ2) is 7.94. The third-order valence-corrected chi connectivity index (χ3v) is 4.98. The van der Waals surface area contributed by atoms with Crippen LogP contribution in [0.4, 0.5) is 5.69 Å². The van der Waals surface area contributed by atoms with Gasteiger partial charge in [-0.3, -0.25) is 9.59 Å². The third kappa shape index (κ3) is 4.54. The number of carbonyl (C=O) groups excluding carboxylic acids is 2. The number of hydrogen-bond donors (Lipinski definition) is 2. The first-order valence-electron chi connectivity index (χ1n) is 9.38. The zero-order valence-electron chi connectivity index (χ0n) is 16.4. The number of halogens is 1. The van der Waals surface area contributed by atoms with Crippen molar-refractivity contribution < 1.29 is 9.59 Å². The first-order chi connectivity index (χ1) is 13.2. The quantitative estimate of drug-likeness (QED) is 0.829. The van der Waals surface area contributed by atoms with Gasteiger partial charge in [0.05, 0.1) is 6.04 Å². The van der Waals surface area contributed by atoms with E-state index in [1.165, 1.54) is 4.90 Å². The molecule has 0 radical (unpaired) electrons. The fraction of sp³-hybridized carbons (Fsp3) is 0.364. The molecule has 0 spiro atoms. The molecule has 2 atom stereocenters. The van der Waals surface area contributed by atoms with Gasteiger partial charge in [-0.1, -0.05) is 41.9 Å². The number of hydrogen-bond acceptors (Lipinski definition) is 3. The van der Waals surface area contributed by atoms with Gasteiger partial charge >= 0.3 is 0 Å². The number of nitrogens with one attached hydrogen (secondary N) is 1. The van der Waals surface area contributed by atoms with Crippen molar-refractivity contribution in [3.63, 3.8) is 0 Å². The lowest BCUT2D eigenvalue weighted by atomic mass is 9.86. The van der Waals surface area contributed by atoms with Gasteiger partial charge in [0, 0.05) is 22.2 Å². The van der Waals surface area contributed by atoms with E-state index in [2.05, 4.69) is 5.32 Å². The molecule has 0 saturated carbocycles. The first-order valence-corrected chi connectivity index (χ1v) is 9.76. The molecule has 0 saturated heterocycles. The topological polar surface area (TPSA) is 75.4 Å². The molecule has 6 heteroatoms. The van der Waals surface area contributed by atoms with Gasteiger partial charge in [-0.15, -0.1) is 0 Å². The summed E-state index contributed by atoms with van der Waals surface area (Å²) in [5, 5.41) is 3.55. The summed E-state index contributed by atoms with van der Waals surface area (Å²) < 4.78 is 0. The second-order valence-electron chi connectivity index (χ2n) is 8.23. The van der Waals surface area contributed by atoms with E-state index >= 15 is 0 Å². The van der Waals surface area contributed by atoms with E-state index in [4.69, 9.17) is 17.3 Å². The summed E-state index contributed by atoms with van der Waals surface area (Å²) in [5.41, 5.74) is 8.57. The lowest BCUT2D eigenvalue weighted by molar-refractivity contribution is -0.125. The molecular formula is C22H26ClN3O2. The van der Waals surface area contributed by atoms with Crippen molar-refractivity contribution in [3.8, 4) is 0 Å². The lowest BCUT2D eigenvalue weighted by Crippen LogP contribution is -2.50. The number of amides is 2. The Bertz CT molecular complexity index is 891. The van der Waals surface area contributed by atoms with Crippen molar-refractivity contribution in [2.24, 2.45) is 5.73 Å². The molecule has 5 nitrogen and oxygen atoms in total. The number of benzene rings is 2. The van der Waals surface area contributed by atoms with Crippen molar-refractivity contribution >= 4 is 29.1 Å². The van der Waals surface area contributed by atoms with Crippen LogP contribution in [0, 0.1) is 0 Å². The summed E-state index contributed by atoms with van der Waals surface area (Å²) in [6.45, 7) is 5.65. The molecule has 3 N–H and O–H groups in total.